The number of anilines is 1. The van der Waals surface area contributed by atoms with Gasteiger partial charge in [-0.1, -0.05) is 19.1 Å². The highest BCUT2D eigenvalue weighted by Gasteiger charge is 2.28. The van der Waals surface area contributed by atoms with Gasteiger partial charge in [-0.05, 0) is 51.7 Å². The number of amides is 1. The first kappa shape index (κ1) is 14.9. The second kappa shape index (κ2) is 6.29. The van der Waals surface area contributed by atoms with Crippen molar-refractivity contribution in [3.63, 3.8) is 0 Å². The minimum absolute atomic E-state index is 0.160. The first-order valence-corrected chi connectivity index (χ1v) is 7.65. The van der Waals surface area contributed by atoms with E-state index in [2.05, 4.69) is 33.0 Å². The minimum Gasteiger partial charge on any atom is -0.382 e. The van der Waals surface area contributed by atoms with Crippen LogP contribution >= 0.6 is 0 Å². The Morgan fingerprint density at radius 2 is 2.00 bits per heavy atom. The van der Waals surface area contributed by atoms with Crippen molar-refractivity contribution in [3.8, 4) is 0 Å². The summed E-state index contributed by atoms with van der Waals surface area (Å²) in [5, 5.41) is 3.37. The standard InChI is InChI=1S/C17H26N2O/c1-12(2)18-16-8-6-5-7-15(16)17(20)19-10-9-13(3)11-14(19)4/h5-8,12-14,18H,9-11H2,1-4H3. The van der Waals surface area contributed by atoms with E-state index < -0.39 is 0 Å². The molecule has 0 aromatic heterocycles. The number of piperidine rings is 1. The summed E-state index contributed by atoms with van der Waals surface area (Å²) >= 11 is 0. The van der Waals surface area contributed by atoms with E-state index in [4.69, 9.17) is 0 Å². The SMILES string of the molecule is CC1CCN(C(=O)c2ccccc2NC(C)C)C(C)C1. The van der Waals surface area contributed by atoms with Crippen molar-refractivity contribution in [2.45, 2.75) is 52.6 Å². The first-order valence-electron chi connectivity index (χ1n) is 7.65. The molecular formula is C17H26N2O. The molecular weight excluding hydrogens is 248 g/mol. The topological polar surface area (TPSA) is 32.3 Å². The van der Waals surface area contributed by atoms with Crippen molar-refractivity contribution in [2.24, 2.45) is 5.92 Å². The number of carbonyl (C=O) groups is 1. The molecule has 3 heteroatoms. The molecule has 0 saturated carbocycles. The van der Waals surface area contributed by atoms with Crippen LogP contribution in [0.5, 0.6) is 0 Å². The molecule has 1 aliphatic heterocycles. The average Bonchev–Trinajstić information content (AvgIpc) is 2.38. The maximum atomic E-state index is 12.8. The molecule has 0 bridgehead atoms. The summed E-state index contributed by atoms with van der Waals surface area (Å²) in [5.41, 5.74) is 1.74. The molecule has 1 N–H and O–H groups in total. The number of para-hydroxylation sites is 1. The Morgan fingerprint density at radius 3 is 2.65 bits per heavy atom. The van der Waals surface area contributed by atoms with E-state index in [9.17, 15) is 4.79 Å². The Hall–Kier alpha value is -1.51. The van der Waals surface area contributed by atoms with Crippen LogP contribution in [0.25, 0.3) is 0 Å². The number of hydrogen-bond acceptors (Lipinski definition) is 2. The zero-order valence-corrected chi connectivity index (χ0v) is 13.0. The average molecular weight is 274 g/mol. The van der Waals surface area contributed by atoms with Gasteiger partial charge in [0.1, 0.15) is 0 Å². The van der Waals surface area contributed by atoms with Crippen LogP contribution in [-0.2, 0) is 0 Å². The van der Waals surface area contributed by atoms with Crippen LogP contribution in [0.2, 0.25) is 0 Å². The van der Waals surface area contributed by atoms with E-state index in [0.29, 0.717) is 12.1 Å². The minimum atomic E-state index is 0.160. The monoisotopic (exact) mass is 274 g/mol. The number of rotatable bonds is 3. The van der Waals surface area contributed by atoms with Gasteiger partial charge in [0.25, 0.3) is 5.91 Å². The number of hydrogen-bond donors (Lipinski definition) is 1. The molecule has 1 fully saturated rings. The summed E-state index contributed by atoms with van der Waals surface area (Å²) in [5.74, 6) is 0.881. The summed E-state index contributed by atoms with van der Waals surface area (Å²) in [4.78, 5) is 14.8. The van der Waals surface area contributed by atoms with Crippen molar-refractivity contribution < 1.29 is 4.79 Å². The molecule has 1 aliphatic rings. The smallest absolute Gasteiger partial charge is 0.256 e. The molecule has 2 atom stereocenters. The predicted octanol–water partition coefficient (Wildman–Crippen LogP) is 3.77. The van der Waals surface area contributed by atoms with Gasteiger partial charge in [-0.2, -0.15) is 0 Å². The fraction of sp³-hybridized carbons (Fsp3) is 0.588. The van der Waals surface area contributed by atoms with Crippen LogP contribution < -0.4 is 5.32 Å². The third-order valence-corrected chi connectivity index (χ3v) is 4.00. The van der Waals surface area contributed by atoms with E-state index in [1.165, 1.54) is 0 Å². The highest BCUT2D eigenvalue weighted by molar-refractivity contribution is 5.99. The van der Waals surface area contributed by atoms with E-state index in [-0.39, 0.29) is 5.91 Å². The van der Waals surface area contributed by atoms with Crippen molar-refractivity contribution >= 4 is 11.6 Å². The molecule has 2 rings (SSSR count). The molecule has 1 amide bonds. The van der Waals surface area contributed by atoms with Gasteiger partial charge in [0.2, 0.25) is 0 Å². The van der Waals surface area contributed by atoms with Gasteiger partial charge in [0.15, 0.2) is 0 Å². The summed E-state index contributed by atoms with van der Waals surface area (Å²) in [6.45, 7) is 9.48. The lowest BCUT2D eigenvalue weighted by Crippen LogP contribution is -2.44. The lowest BCUT2D eigenvalue weighted by atomic mass is 9.92. The second-order valence-corrected chi connectivity index (χ2v) is 6.32. The molecule has 1 heterocycles. The lowest BCUT2D eigenvalue weighted by molar-refractivity contribution is 0.0589. The van der Waals surface area contributed by atoms with Gasteiger partial charge >= 0.3 is 0 Å². The Labute approximate surface area is 122 Å². The van der Waals surface area contributed by atoms with Gasteiger partial charge in [-0.25, -0.2) is 0 Å². The van der Waals surface area contributed by atoms with E-state index >= 15 is 0 Å². The molecule has 110 valence electrons. The van der Waals surface area contributed by atoms with Crippen LogP contribution in [-0.4, -0.2) is 29.4 Å². The predicted molar refractivity (Wildman–Crippen MR) is 84.1 cm³/mol. The van der Waals surface area contributed by atoms with Gasteiger partial charge < -0.3 is 10.2 Å². The highest BCUT2D eigenvalue weighted by Crippen LogP contribution is 2.26. The van der Waals surface area contributed by atoms with Crippen molar-refractivity contribution in [2.75, 3.05) is 11.9 Å². The Morgan fingerprint density at radius 1 is 1.30 bits per heavy atom. The van der Waals surface area contributed by atoms with Crippen molar-refractivity contribution in [1.82, 2.24) is 4.90 Å². The Kier molecular flexibility index (Phi) is 4.69. The third kappa shape index (κ3) is 3.33. The van der Waals surface area contributed by atoms with Crippen LogP contribution in [0.15, 0.2) is 24.3 Å². The third-order valence-electron chi connectivity index (χ3n) is 4.00. The van der Waals surface area contributed by atoms with E-state index in [0.717, 1.165) is 36.6 Å². The zero-order chi connectivity index (χ0) is 14.7. The molecule has 20 heavy (non-hydrogen) atoms. The van der Waals surface area contributed by atoms with Crippen LogP contribution in [0.4, 0.5) is 5.69 Å². The quantitative estimate of drug-likeness (QED) is 0.910. The van der Waals surface area contributed by atoms with Crippen molar-refractivity contribution in [1.29, 1.82) is 0 Å². The number of nitrogens with one attached hydrogen (secondary N) is 1. The molecule has 1 aromatic carbocycles. The van der Waals surface area contributed by atoms with Gasteiger partial charge in [0.05, 0.1) is 5.56 Å². The maximum Gasteiger partial charge on any atom is 0.256 e. The number of likely N-dealkylation sites (tertiary alicyclic amines) is 1. The number of nitrogens with zero attached hydrogens (tertiary/aromatic N) is 1. The molecule has 0 spiro atoms. The van der Waals surface area contributed by atoms with Gasteiger partial charge in [-0.15, -0.1) is 0 Å². The number of benzene rings is 1. The second-order valence-electron chi connectivity index (χ2n) is 6.32. The zero-order valence-electron chi connectivity index (χ0n) is 13.0. The molecule has 0 aliphatic carbocycles. The summed E-state index contributed by atoms with van der Waals surface area (Å²) in [7, 11) is 0. The fourth-order valence-electron chi connectivity index (χ4n) is 2.97. The summed E-state index contributed by atoms with van der Waals surface area (Å²) < 4.78 is 0. The van der Waals surface area contributed by atoms with E-state index in [1.54, 1.807) is 0 Å². The summed E-state index contributed by atoms with van der Waals surface area (Å²) in [6.07, 6.45) is 2.21. The molecule has 2 unspecified atom stereocenters. The molecule has 1 saturated heterocycles. The normalized spacial score (nSPS) is 22.9. The number of carbonyl (C=O) groups excluding carboxylic acids is 1. The Bertz CT molecular complexity index is 470. The fourth-order valence-corrected chi connectivity index (χ4v) is 2.97. The van der Waals surface area contributed by atoms with Crippen LogP contribution in [0.1, 0.15) is 50.9 Å². The summed E-state index contributed by atoms with van der Waals surface area (Å²) in [6, 6.07) is 8.49. The van der Waals surface area contributed by atoms with Gasteiger partial charge in [0, 0.05) is 24.3 Å². The van der Waals surface area contributed by atoms with E-state index in [1.807, 2.05) is 29.2 Å². The largest absolute Gasteiger partial charge is 0.382 e. The molecule has 0 radical (unpaired) electrons. The van der Waals surface area contributed by atoms with Gasteiger partial charge in [-0.3, -0.25) is 4.79 Å². The maximum absolute atomic E-state index is 12.8. The Balaban J connectivity index is 2.20. The van der Waals surface area contributed by atoms with Crippen molar-refractivity contribution in [3.05, 3.63) is 29.8 Å². The van der Waals surface area contributed by atoms with Crippen LogP contribution in [0, 0.1) is 5.92 Å². The highest BCUT2D eigenvalue weighted by atomic mass is 16.2. The lowest BCUT2D eigenvalue weighted by Gasteiger charge is -2.37. The van der Waals surface area contributed by atoms with Crippen LogP contribution in [0.3, 0.4) is 0 Å². The molecule has 3 nitrogen and oxygen atoms in total. The first-order chi connectivity index (χ1) is 9.49. The molecule has 1 aromatic rings.